The number of para-hydroxylation sites is 1. The second kappa shape index (κ2) is 5.22. The Bertz CT molecular complexity index is 772. The molecule has 3 aromatic rings. The fourth-order valence-electron chi connectivity index (χ4n) is 3.08. The van der Waals surface area contributed by atoms with Gasteiger partial charge in [-0.15, -0.1) is 11.3 Å². The third-order valence-electron chi connectivity index (χ3n) is 4.16. The molecule has 1 atom stereocenters. The van der Waals surface area contributed by atoms with E-state index in [0.717, 1.165) is 16.5 Å². The van der Waals surface area contributed by atoms with Crippen molar-refractivity contribution in [2.24, 2.45) is 5.84 Å². The number of thiophene rings is 1. The highest BCUT2D eigenvalue weighted by molar-refractivity contribution is 7.12. The molecule has 0 saturated carbocycles. The van der Waals surface area contributed by atoms with Crippen LogP contribution in [0.3, 0.4) is 0 Å². The minimum atomic E-state index is 0.0257. The van der Waals surface area contributed by atoms with Crippen LogP contribution in [0, 0.1) is 0 Å². The number of nitrogens with two attached hydrogens (primary N) is 1. The van der Waals surface area contributed by atoms with Crippen LogP contribution in [0.1, 0.15) is 33.3 Å². The summed E-state index contributed by atoms with van der Waals surface area (Å²) >= 11 is 1.88. The molecule has 0 fully saturated rings. The first-order valence-corrected chi connectivity index (χ1v) is 8.09. The average Bonchev–Trinajstić information content (AvgIpc) is 3.09. The molecule has 21 heavy (non-hydrogen) atoms. The maximum Gasteiger partial charge on any atom is 0.0817 e. The van der Waals surface area contributed by atoms with Crippen LogP contribution in [-0.4, -0.2) is 4.98 Å². The summed E-state index contributed by atoms with van der Waals surface area (Å²) in [7, 11) is 0. The fraction of sp³-hybridized carbons (Fsp3) is 0.235. The van der Waals surface area contributed by atoms with E-state index in [-0.39, 0.29) is 6.04 Å². The topological polar surface area (TPSA) is 50.9 Å². The number of nitrogens with zero attached hydrogens (tertiary/aromatic N) is 1. The van der Waals surface area contributed by atoms with Crippen molar-refractivity contribution in [2.75, 3.05) is 0 Å². The number of benzene rings is 1. The molecule has 2 aromatic heterocycles. The first-order valence-electron chi connectivity index (χ1n) is 7.27. The molecular formula is C17H17N3S. The molecule has 0 bridgehead atoms. The molecule has 2 heterocycles. The Hall–Kier alpha value is -1.75. The Morgan fingerprint density at radius 3 is 2.95 bits per heavy atom. The Morgan fingerprint density at radius 2 is 2.10 bits per heavy atom. The predicted octanol–water partition coefficient (Wildman–Crippen LogP) is 3.34. The van der Waals surface area contributed by atoms with Crippen LogP contribution >= 0.6 is 11.3 Å². The number of pyridine rings is 1. The van der Waals surface area contributed by atoms with Crippen LogP contribution in [0.15, 0.2) is 42.6 Å². The van der Waals surface area contributed by atoms with Gasteiger partial charge in [0.25, 0.3) is 0 Å². The highest BCUT2D eigenvalue weighted by atomic mass is 32.1. The zero-order valence-corrected chi connectivity index (χ0v) is 12.5. The van der Waals surface area contributed by atoms with Gasteiger partial charge in [-0.25, -0.2) is 5.43 Å². The first-order chi connectivity index (χ1) is 10.3. The lowest BCUT2D eigenvalue weighted by molar-refractivity contribution is 0.645. The SMILES string of the molecule is NNC(c1cnc2ccccc2c1)c1cc2c(s1)CCC2. The summed E-state index contributed by atoms with van der Waals surface area (Å²) < 4.78 is 0. The summed E-state index contributed by atoms with van der Waals surface area (Å²) in [5.41, 5.74) is 6.60. The van der Waals surface area contributed by atoms with Crippen LogP contribution in [0.4, 0.5) is 0 Å². The maximum absolute atomic E-state index is 5.83. The quantitative estimate of drug-likeness (QED) is 0.575. The number of hydrogen-bond donors (Lipinski definition) is 2. The highest BCUT2D eigenvalue weighted by Crippen LogP contribution is 2.36. The van der Waals surface area contributed by atoms with E-state index in [1.807, 2.05) is 35.7 Å². The normalized spacial score (nSPS) is 15.3. The molecule has 0 spiro atoms. The van der Waals surface area contributed by atoms with Gasteiger partial charge >= 0.3 is 0 Å². The van der Waals surface area contributed by atoms with Crippen LogP contribution in [0.2, 0.25) is 0 Å². The zero-order chi connectivity index (χ0) is 14.2. The maximum atomic E-state index is 5.83. The summed E-state index contributed by atoms with van der Waals surface area (Å²) in [6.45, 7) is 0. The molecule has 1 unspecified atom stereocenters. The summed E-state index contributed by atoms with van der Waals surface area (Å²) in [5, 5.41) is 1.15. The molecule has 0 radical (unpaired) electrons. The van der Waals surface area contributed by atoms with Crippen molar-refractivity contribution in [3.8, 4) is 0 Å². The first kappa shape index (κ1) is 13.0. The minimum Gasteiger partial charge on any atom is -0.271 e. The van der Waals surface area contributed by atoms with E-state index in [0.29, 0.717) is 0 Å². The van der Waals surface area contributed by atoms with Gasteiger partial charge in [0.05, 0.1) is 11.6 Å². The van der Waals surface area contributed by atoms with E-state index < -0.39 is 0 Å². The van der Waals surface area contributed by atoms with Gasteiger partial charge in [0.2, 0.25) is 0 Å². The van der Waals surface area contributed by atoms with E-state index in [1.165, 1.54) is 34.6 Å². The van der Waals surface area contributed by atoms with Gasteiger partial charge in [0, 0.05) is 21.3 Å². The molecule has 0 amide bonds. The lowest BCUT2D eigenvalue weighted by Gasteiger charge is -2.15. The van der Waals surface area contributed by atoms with Gasteiger partial charge < -0.3 is 0 Å². The van der Waals surface area contributed by atoms with Crippen molar-refractivity contribution in [1.29, 1.82) is 0 Å². The number of nitrogens with one attached hydrogen (secondary N) is 1. The van der Waals surface area contributed by atoms with Gasteiger partial charge in [-0.3, -0.25) is 10.8 Å². The molecule has 4 heteroatoms. The highest BCUT2D eigenvalue weighted by Gasteiger charge is 2.21. The van der Waals surface area contributed by atoms with Crippen molar-refractivity contribution >= 4 is 22.2 Å². The van der Waals surface area contributed by atoms with Crippen molar-refractivity contribution < 1.29 is 0 Å². The monoisotopic (exact) mass is 295 g/mol. The second-order valence-electron chi connectivity index (χ2n) is 5.51. The number of aromatic nitrogens is 1. The average molecular weight is 295 g/mol. The molecule has 0 aliphatic heterocycles. The number of hydrogen-bond acceptors (Lipinski definition) is 4. The van der Waals surface area contributed by atoms with Crippen LogP contribution in [-0.2, 0) is 12.8 Å². The molecule has 1 aliphatic rings. The van der Waals surface area contributed by atoms with E-state index in [2.05, 4.69) is 28.6 Å². The second-order valence-corrected chi connectivity index (χ2v) is 6.68. The molecule has 3 N–H and O–H groups in total. The smallest absolute Gasteiger partial charge is 0.0817 e. The molecular weight excluding hydrogens is 278 g/mol. The van der Waals surface area contributed by atoms with Gasteiger partial charge in [0.15, 0.2) is 0 Å². The fourth-order valence-corrected chi connectivity index (χ4v) is 4.43. The third-order valence-corrected chi connectivity index (χ3v) is 5.46. The van der Waals surface area contributed by atoms with Gasteiger partial charge in [-0.05, 0) is 48.6 Å². The molecule has 3 nitrogen and oxygen atoms in total. The van der Waals surface area contributed by atoms with E-state index in [1.54, 1.807) is 0 Å². The molecule has 4 rings (SSSR count). The van der Waals surface area contributed by atoms with E-state index >= 15 is 0 Å². The Kier molecular flexibility index (Phi) is 3.22. The Balaban J connectivity index is 1.76. The van der Waals surface area contributed by atoms with Gasteiger partial charge in [0.1, 0.15) is 0 Å². The van der Waals surface area contributed by atoms with Crippen LogP contribution in [0.25, 0.3) is 10.9 Å². The summed E-state index contributed by atoms with van der Waals surface area (Å²) in [6, 6.07) is 12.7. The van der Waals surface area contributed by atoms with Crippen LogP contribution in [0.5, 0.6) is 0 Å². The van der Waals surface area contributed by atoms with Crippen molar-refractivity contribution in [1.82, 2.24) is 10.4 Å². The standard InChI is InChI=1S/C17H17N3S/c18-20-17(16-9-12-5-3-7-15(12)21-16)13-8-11-4-1-2-6-14(11)19-10-13/h1-2,4,6,8-10,17,20H,3,5,7,18H2. The largest absolute Gasteiger partial charge is 0.271 e. The van der Waals surface area contributed by atoms with Crippen molar-refractivity contribution in [3.63, 3.8) is 0 Å². The lowest BCUT2D eigenvalue weighted by atomic mass is 10.0. The molecule has 1 aromatic carbocycles. The van der Waals surface area contributed by atoms with E-state index in [9.17, 15) is 0 Å². The van der Waals surface area contributed by atoms with Crippen molar-refractivity contribution in [2.45, 2.75) is 25.3 Å². The minimum absolute atomic E-state index is 0.0257. The van der Waals surface area contributed by atoms with Gasteiger partial charge in [-0.2, -0.15) is 0 Å². The van der Waals surface area contributed by atoms with Crippen molar-refractivity contribution in [3.05, 3.63) is 63.5 Å². The summed E-state index contributed by atoms with van der Waals surface area (Å²) in [6.07, 6.45) is 5.64. The zero-order valence-electron chi connectivity index (χ0n) is 11.7. The number of hydrazine groups is 1. The molecule has 1 aliphatic carbocycles. The number of rotatable bonds is 3. The third kappa shape index (κ3) is 2.25. The van der Waals surface area contributed by atoms with Gasteiger partial charge in [-0.1, -0.05) is 18.2 Å². The molecule has 106 valence electrons. The number of fused-ring (bicyclic) bond motifs is 2. The number of aryl methyl sites for hydroxylation is 2. The predicted molar refractivity (Wildman–Crippen MR) is 87.3 cm³/mol. The molecule has 0 saturated heterocycles. The summed E-state index contributed by atoms with van der Waals surface area (Å²) in [4.78, 5) is 7.37. The van der Waals surface area contributed by atoms with Crippen LogP contribution < -0.4 is 11.3 Å². The summed E-state index contributed by atoms with van der Waals surface area (Å²) in [5.74, 6) is 5.83. The lowest BCUT2D eigenvalue weighted by Crippen LogP contribution is -2.28. The Morgan fingerprint density at radius 1 is 1.19 bits per heavy atom. The Labute approximate surface area is 127 Å². The van der Waals surface area contributed by atoms with E-state index in [4.69, 9.17) is 5.84 Å².